The largest absolute Gasteiger partial charge is 0.313 e. The fraction of sp³-hybridized carbons (Fsp3) is 0.235. The molecule has 2 nitrogen and oxygen atoms in total. The second kappa shape index (κ2) is 7.07. The second-order valence-electron chi connectivity index (χ2n) is 4.86. The van der Waals surface area contributed by atoms with Gasteiger partial charge in [0.05, 0.1) is 9.73 Å². The Morgan fingerprint density at radius 1 is 1.19 bits per heavy atom. The van der Waals surface area contributed by atoms with Crippen molar-refractivity contribution < 1.29 is 0 Å². The third kappa shape index (κ3) is 3.64. The number of pyridine rings is 1. The smallest absolute Gasteiger partial charge is 0.107 e. The van der Waals surface area contributed by atoms with Crippen LogP contribution in [0.25, 0.3) is 10.9 Å². The summed E-state index contributed by atoms with van der Waals surface area (Å²) in [7, 11) is 0. The van der Waals surface area contributed by atoms with Crippen LogP contribution in [0, 0.1) is 0 Å². The van der Waals surface area contributed by atoms with Crippen LogP contribution in [0.1, 0.15) is 18.9 Å². The molecule has 108 valence electrons. The molecule has 2 heterocycles. The van der Waals surface area contributed by atoms with Gasteiger partial charge < -0.3 is 5.32 Å². The lowest BCUT2D eigenvalue weighted by atomic mass is 10.1. The van der Waals surface area contributed by atoms with E-state index in [0.717, 1.165) is 30.1 Å². The van der Waals surface area contributed by atoms with Gasteiger partial charge in [0.2, 0.25) is 0 Å². The van der Waals surface area contributed by atoms with Crippen molar-refractivity contribution in [3.8, 4) is 0 Å². The lowest BCUT2D eigenvalue weighted by Crippen LogP contribution is -2.14. The second-order valence-corrected chi connectivity index (χ2v) is 7.09. The fourth-order valence-corrected chi connectivity index (χ4v) is 3.96. The number of hydrogen-bond acceptors (Lipinski definition) is 4. The van der Waals surface area contributed by atoms with Crippen molar-refractivity contribution in [1.82, 2.24) is 10.3 Å². The molecule has 0 aliphatic rings. The monoisotopic (exact) mass is 314 g/mol. The van der Waals surface area contributed by atoms with Gasteiger partial charge in [-0.05, 0) is 42.1 Å². The number of nitrogens with zero attached hydrogens (tertiary/aromatic N) is 1. The van der Waals surface area contributed by atoms with E-state index >= 15 is 0 Å². The first-order valence-corrected chi connectivity index (χ1v) is 8.87. The van der Waals surface area contributed by atoms with E-state index in [1.54, 1.807) is 23.1 Å². The van der Waals surface area contributed by atoms with Crippen LogP contribution < -0.4 is 5.32 Å². The first-order valence-electron chi connectivity index (χ1n) is 7.17. The van der Waals surface area contributed by atoms with Crippen LogP contribution in [0.4, 0.5) is 0 Å². The maximum atomic E-state index is 4.86. The highest BCUT2D eigenvalue weighted by Gasteiger charge is 2.09. The van der Waals surface area contributed by atoms with Crippen molar-refractivity contribution in [2.75, 3.05) is 6.54 Å². The summed E-state index contributed by atoms with van der Waals surface area (Å²) >= 11 is 3.52. The van der Waals surface area contributed by atoms with Crippen LogP contribution in [0.3, 0.4) is 0 Å². The summed E-state index contributed by atoms with van der Waals surface area (Å²) in [5.74, 6) is 0. The van der Waals surface area contributed by atoms with Crippen molar-refractivity contribution in [2.45, 2.75) is 29.1 Å². The van der Waals surface area contributed by atoms with Crippen molar-refractivity contribution in [1.29, 1.82) is 0 Å². The van der Waals surface area contributed by atoms with Crippen molar-refractivity contribution in [2.24, 2.45) is 0 Å². The zero-order valence-corrected chi connectivity index (χ0v) is 13.6. The highest BCUT2D eigenvalue weighted by atomic mass is 32.2. The van der Waals surface area contributed by atoms with E-state index in [-0.39, 0.29) is 0 Å². The number of nitrogens with one attached hydrogen (secondary N) is 1. The topological polar surface area (TPSA) is 24.9 Å². The number of fused-ring (bicyclic) bond motifs is 1. The maximum Gasteiger partial charge on any atom is 0.107 e. The Balaban J connectivity index is 1.95. The molecule has 0 atom stereocenters. The number of aromatic nitrogens is 1. The van der Waals surface area contributed by atoms with Crippen LogP contribution in [0.15, 0.2) is 57.1 Å². The lowest BCUT2D eigenvalue weighted by Gasteiger charge is -2.10. The molecule has 0 radical (unpaired) electrons. The van der Waals surface area contributed by atoms with E-state index < -0.39 is 0 Å². The highest BCUT2D eigenvalue weighted by molar-refractivity contribution is 8.01. The highest BCUT2D eigenvalue weighted by Crippen LogP contribution is 2.33. The van der Waals surface area contributed by atoms with Gasteiger partial charge in [-0.3, -0.25) is 0 Å². The first-order chi connectivity index (χ1) is 10.4. The molecule has 0 unspecified atom stereocenters. The molecule has 3 rings (SSSR count). The molecular formula is C17H18N2S2. The minimum atomic E-state index is 0.874. The van der Waals surface area contributed by atoms with E-state index in [9.17, 15) is 0 Å². The normalized spacial score (nSPS) is 11.1. The average Bonchev–Trinajstić information content (AvgIpc) is 3.01. The summed E-state index contributed by atoms with van der Waals surface area (Å²) in [5.41, 5.74) is 2.34. The molecule has 0 fully saturated rings. The van der Waals surface area contributed by atoms with Gasteiger partial charge in [-0.15, -0.1) is 11.3 Å². The Labute approximate surface area is 133 Å². The Morgan fingerprint density at radius 2 is 2.10 bits per heavy atom. The number of para-hydroxylation sites is 1. The minimum Gasteiger partial charge on any atom is -0.313 e. The third-order valence-electron chi connectivity index (χ3n) is 3.20. The van der Waals surface area contributed by atoms with Crippen LogP contribution in [0.2, 0.25) is 0 Å². The molecular weight excluding hydrogens is 296 g/mol. The molecule has 0 aliphatic carbocycles. The van der Waals surface area contributed by atoms with Crippen LogP contribution >= 0.6 is 23.1 Å². The SMILES string of the molecule is CCCNCc1cc2ccccc2nc1Sc1cccs1. The quantitative estimate of drug-likeness (QED) is 0.652. The molecule has 4 heteroatoms. The predicted octanol–water partition coefficient (Wildman–Crippen LogP) is 4.95. The van der Waals surface area contributed by atoms with Gasteiger partial charge in [0.25, 0.3) is 0 Å². The average molecular weight is 314 g/mol. The van der Waals surface area contributed by atoms with E-state index in [1.807, 2.05) is 6.07 Å². The summed E-state index contributed by atoms with van der Waals surface area (Å²) in [6, 6.07) is 14.8. The molecule has 0 saturated carbocycles. The number of thiophene rings is 1. The molecule has 0 amide bonds. The zero-order chi connectivity index (χ0) is 14.5. The van der Waals surface area contributed by atoms with Crippen LogP contribution in [0.5, 0.6) is 0 Å². The fourth-order valence-electron chi connectivity index (χ4n) is 2.17. The Kier molecular flexibility index (Phi) is 4.91. The molecule has 1 aromatic carbocycles. The molecule has 0 saturated heterocycles. The van der Waals surface area contributed by atoms with Gasteiger partial charge in [0, 0.05) is 11.9 Å². The van der Waals surface area contributed by atoms with E-state index in [4.69, 9.17) is 4.98 Å². The maximum absolute atomic E-state index is 4.86. The molecule has 1 N–H and O–H groups in total. The zero-order valence-electron chi connectivity index (χ0n) is 12.0. The number of benzene rings is 1. The van der Waals surface area contributed by atoms with E-state index in [0.29, 0.717) is 0 Å². The standard InChI is InChI=1S/C17H18N2S2/c1-2-9-18-12-14-11-13-6-3-4-7-15(13)19-17(14)21-16-8-5-10-20-16/h3-8,10-11,18H,2,9,12H2,1H3. The molecule has 0 spiro atoms. The van der Waals surface area contributed by atoms with Gasteiger partial charge in [0.15, 0.2) is 0 Å². The van der Waals surface area contributed by atoms with Gasteiger partial charge in [-0.2, -0.15) is 0 Å². The summed E-state index contributed by atoms with van der Waals surface area (Å²) in [6.07, 6.45) is 1.15. The Hall–Kier alpha value is -1.36. The molecule has 0 aliphatic heterocycles. The lowest BCUT2D eigenvalue weighted by molar-refractivity contribution is 0.666. The van der Waals surface area contributed by atoms with Crippen LogP contribution in [-0.2, 0) is 6.54 Å². The Bertz CT molecular complexity index is 708. The minimum absolute atomic E-state index is 0.874. The molecule has 3 aromatic rings. The third-order valence-corrected chi connectivity index (χ3v) is 5.28. The number of hydrogen-bond donors (Lipinski definition) is 1. The van der Waals surface area contributed by atoms with Crippen molar-refractivity contribution in [3.63, 3.8) is 0 Å². The molecule has 2 aromatic heterocycles. The van der Waals surface area contributed by atoms with Gasteiger partial charge in [-0.25, -0.2) is 4.98 Å². The van der Waals surface area contributed by atoms with Gasteiger partial charge >= 0.3 is 0 Å². The number of rotatable bonds is 6. The van der Waals surface area contributed by atoms with Crippen molar-refractivity contribution >= 4 is 34.0 Å². The van der Waals surface area contributed by atoms with Gasteiger partial charge in [-0.1, -0.05) is 43.0 Å². The summed E-state index contributed by atoms with van der Waals surface area (Å²) in [5, 5.41) is 7.92. The summed E-state index contributed by atoms with van der Waals surface area (Å²) in [4.78, 5) is 4.86. The van der Waals surface area contributed by atoms with Gasteiger partial charge in [0.1, 0.15) is 5.03 Å². The first kappa shape index (κ1) is 14.6. The van der Waals surface area contributed by atoms with E-state index in [1.165, 1.54) is 15.2 Å². The van der Waals surface area contributed by atoms with Crippen molar-refractivity contribution in [3.05, 3.63) is 53.4 Å². The Morgan fingerprint density at radius 3 is 2.90 bits per heavy atom. The molecule has 0 bridgehead atoms. The van der Waals surface area contributed by atoms with E-state index in [2.05, 4.69) is 54.0 Å². The van der Waals surface area contributed by atoms with Crippen LogP contribution in [-0.4, -0.2) is 11.5 Å². The summed E-state index contributed by atoms with van der Waals surface area (Å²) in [6.45, 7) is 4.10. The predicted molar refractivity (Wildman–Crippen MR) is 92.2 cm³/mol. The molecule has 21 heavy (non-hydrogen) atoms. The summed E-state index contributed by atoms with van der Waals surface area (Å²) < 4.78 is 1.29.